The van der Waals surface area contributed by atoms with Crippen molar-refractivity contribution < 1.29 is 0 Å². The van der Waals surface area contributed by atoms with E-state index in [1.807, 2.05) is 0 Å². The highest BCUT2D eigenvalue weighted by atomic mass is 15.3. The summed E-state index contributed by atoms with van der Waals surface area (Å²) in [4.78, 5) is 9.60. The van der Waals surface area contributed by atoms with Gasteiger partial charge in [0.15, 0.2) is 5.96 Å². The minimum Gasteiger partial charge on any atom is -0.370 e. The minimum absolute atomic E-state index is 0.614. The zero-order valence-corrected chi connectivity index (χ0v) is 13.4. The first-order valence-electron chi connectivity index (χ1n) is 8.45. The van der Waals surface area contributed by atoms with E-state index in [4.69, 9.17) is 10.7 Å². The van der Waals surface area contributed by atoms with Gasteiger partial charge in [-0.1, -0.05) is 26.7 Å². The quantitative estimate of drug-likeness (QED) is 0.635. The molecule has 0 saturated carbocycles. The van der Waals surface area contributed by atoms with E-state index >= 15 is 0 Å². The van der Waals surface area contributed by atoms with Gasteiger partial charge < -0.3 is 10.6 Å². The van der Waals surface area contributed by atoms with Gasteiger partial charge in [0.25, 0.3) is 0 Å². The summed E-state index contributed by atoms with van der Waals surface area (Å²) < 4.78 is 0. The lowest BCUT2D eigenvalue weighted by Gasteiger charge is -2.26. The van der Waals surface area contributed by atoms with Crippen molar-refractivity contribution in [2.45, 2.75) is 58.4 Å². The number of likely N-dealkylation sites (tertiary alicyclic amines) is 2. The van der Waals surface area contributed by atoms with Crippen molar-refractivity contribution in [2.75, 3.05) is 32.7 Å². The molecule has 2 fully saturated rings. The second kappa shape index (κ2) is 7.87. The van der Waals surface area contributed by atoms with E-state index in [1.54, 1.807) is 0 Å². The first-order valence-corrected chi connectivity index (χ1v) is 8.45. The molecule has 2 heterocycles. The Morgan fingerprint density at radius 1 is 1.10 bits per heavy atom. The fourth-order valence-electron chi connectivity index (χ4n) is 3.41. The molecule has 20 heavy (non-hydrogen) atoms. The molecule has 2 aliphatic heterocycles. The highest BCUT2D eigenvalue weighted by Crippen LogP contribution is 2.19. The van der Waals surface area contributed by atoms with Crippen molar-refractivity contribution in [3.8, 4) is 0 Å². The first-order chi connectivity index (χ1) is 9.66. The van der Waals surface area contributed by atoms with Gasteiger partial charge in [0.05, 0.1) is 6.54 Å². The molecule has 2 N–H and O–H groups in total. The number of hydrogen-bond acceptors (Lipinski definition) is 2. The highest BCUT2D eigenvalue weighted by Gasteiger charge is 2.24. The van der Waals surface area contributed by atoms with Gasteiger partial charge in [0.1, 0.15) is 0 Å². The molecule has 0 aromatic heterocycles. The average molecular weight is 280 g/mol. The molecule has 0 spiro atoms. The molecule has 0 aromatic carbocycles. The van der Waals surface area contributed by atoms with Gasteiger partial charge in [-0.3, -0.25) is 9.89 Å². The Morgan fingerprint density at radius 3 is 2.45 bits per heavy atom. The summed E-state index contributed by atoms with van der Waals surface area (Å²) in [7, 11) is 0. The molecule has 0 aliphatic carbocycles. The van der Waals surface area contributed by atoms with Gasteiger partial charge in [-0.05, 0) is 38.1 Å². The second-order valence-corrected chi connectivity index (χ2v) is 6.78. The average Bonchev–Trinajstić information content (AvgIpc) is 2.67. The molecule has 1 atom stereocenters. The maximum atomic E-state index is 6.20. The normalized spacial score (nSPS) is 26.2. The summed E-state index contributed by atoms with van der Waals surface area (Å²) in [6.07, 6.45) is 7.81. The lowest BCUT2D eigenvalue weighted by atomic mass is 10.2. The highest BCUT2D eigenvalue weighted by molar-refractivity contribution is 5.78. The van der Waals surface area contributed by atoms with Crippen LogP contribution in [0.2, 0.25) is 0 Å². The first kappa shape index (κ1) is 15.6. The van der Waals surface area contributed by atoms with Gasteiger partial charge in [-0.2, -0.15) is 0 Å². The molecule has 0 aromatic rings. The Kier molecular flexibility index (Phi) is 6.14. The Morgan fingerprint density at radius 2 is 1.80 bits per heavy atom. The standard InChI is InChI=1S/C16H32N4/c1-14(2)13-20-11-7-8-15(20)12-18-16(17)19-9-5-3-4-6-10-19/h14-15H,3-13H2,1-2H3,(H2,17,18)/t15-/m1/s1. The third-order valence-corrected chi connectivity index (χ3v) is 4.49. The topological polar surface area (TPSA) is 44.9 Å². The molecule has 116 valence electrons. The molecule has 4 heteroatoms. The minimum atomic E-state index is 0.614. The Hall–Kier alpha value is -0.770. The SMILES string of the molecule is CC(C)CN1CCC[C@@H]1CN=C(N)N1CCCCCC1. The van der Waals surface area contributed by atoms with Gasteiger partial charge in [0, 0.05) is 25.7 Å². The van der Waals surface area contributed by atoms with Gasteiger partial charge >= 0.3 is 0 Å². The van der Waals surface area contributed by atoms with Crippen LogP contribution in [-0.4, -0.2) is 54.5 Å². The fourth-order valence-corrected chi connectivity index (χ4v) is 3.41. The smallest absolute Gasteiger partial charge is 0.191 e. The molecular weight excluding hydrogens is 248 g/mol. The lowest BCUT2D eigenvalue weighted by Crippen LogP contribution is -2.40. The Balaban J connectivity index is 1.83. The molecule has 0 unspecified atom stereocenters. The monoisotopic (exact) mass is 280 g/mol. The van der Waals surface area contributed by atoms with Crippen LogP contribution in [0.15, 0.2) is 4.99 Å². The van der Waals surface area contributed by atoms with E-state index in [-0.39, 0.29) is 0 Å². The molecular formula is C16H32N4. The van der Waals surface area contributed by atoms with Crippen LogP contribution >= 0.6 is 0 Å². The molecule has 2 saturated heterocycles. The van der Waals surface area contributed by atoms with E-state index in [0.717, 1.165) is 31.5 Å². The van der Waals surface area contributed by atoms with Crippen LogP contribution in [0.3, 0.4) is 0 Å². The largest absolute Gasteiger partial charge is 0.370 e. The summed E-state index contributed by atoms with van der Waals surface area (Å²) in [5, 5.41) is 0. The number of nitrogens with zero attached hydrogens (tertiary/aromatic N) is 3. The van der Waals surface area contributed by atoms with Gasteiger partial charge in [-0.15, -0.1) is 0 Å². The lowest BCUT2D eigenvalue weighted by molar-refractivity contribution is 0.230. The van der Waals surface area contributed by atoms with Crippen molar-refractivity contribution >= 4 is 5.96 Å². The number of rotatable bonds is 4. The zero-order chi connectivity index (χ0) is 14.4. The Labute approximate surface area is 124 Å². The van der Waals surface area contributed by atoms with E-state index in [0.29, 0.717) is 6.04 Å². The van der Waals surface area contributed by atoms with Crippen molar-refractivity contribution in [2.24, 2.45) is 16.6 Å². The third-order valence-electron chi connectivity index (χ3n) is 4.49. The van der Waals surface area contributed by atoms with E-state index in [1.165, 1.54) is 51.6 Å². The van der Waals surface area contributed by atoms with Crippen molar-refractivity contribution in [3.05, 3.63) is 0 Å². The molecule has 2 rings (SSSR count). The van der Waals surface area contributed by atoms with Crippen LogP contribution < -0.4 is 5.73 Å². The molecule has 0 amide bonds. The molecule has 4 nitrogen and oxygen atoms in total. The van der Waals surface area contributed by atoms with Gasteiger partial charge in [0.2, 0.25) is 0 Å². The van der Waals surface area contributed by atoms with Crippen LogP contribution in [0, 0.1) is 5.92 Å². The van der Waals surface area contributed by atoms with Crippen LogP contribution in [0.25, 0.3) is 0 Å². The Bertz CT molecular complexity index is 306. The van der Waals surface area contributed by atoms with E-state index in [2.05, 4.69) is 23.6 Å². The van der Waals surface area contributed by atoms with Crippen molar-refractivity contribution in [1.29, 1.82) is 0 Å². The van der Waals surface area contributed by atoms with Crippen molar-refractivity contribution in [1.82, 2.24) is 9.80 Å². The van der Waals surface area contributed by atoms with E-state index in [9.17, 15) is 0 Å². The van der Waals surface area contributed by atoms with Crippen LogP contribution in [-0.2, 0) is 0 Å². The maximum Gasteiger partial charge on any atom is 0.191 e. The predicted molar refractivity (Wildman–Crippen MR) is 86.0 cm³/mol. The third kappa shape index (κ3) is 4.65. The zero-order valence-electron chi connectivity index (χ0n) is 13.4. The number of aliphatic imine (C=N–C) groups is 1. The maximum absolute atomic E-state index is 6.20. The van der Waals surface area contributed by atoms with Crippen LogP contribution in [0.4, 0.5) is 0 Å². The number of guanidine groups is 1. The number of hydrogen-bond donors (Lipinski definition) is 1. The summed E-state index contributed by atoms with van der Waals surface area (Å²) in [5.74, 6) is 1.52. The summed E-state index contributed by atoms with van der Waals surface area (Å²) in [6.45, 7) is 10.1. The fraction of sp³-hybridized carbons (Fsp3) is 0.938. The molecule has 0 radical (unpaired) electrons. The van der Waals surface area contributed by atoms with E-state index < -0.39 is 0 Å². The van der Waals surface area contributed by atoms with Crippen molar-refractivity contribution in [3.63, 3.8) is 0 Å². The summed E-state index contributed by atoms with van der Waals surface area (Å²) in [6, 6.07) is 0.614. The van der Waals surface area contributed by atoms with Crippen LogP contribution in [0.1, 0.15) is 52.4 Å². The molecule has 0 bridgehead atoms. The molecule has 2 aliphatic rings. The summed E-state index contributed by atoms with van der Waals surface area (Å²) >= 11 is 0. The number of nitrogens with two attached hydrogens (primary N) is 1. The van der Waals surface area contributed by atoms with Gasteiger partial charge in [-0.25, -0.2) is 0 Å². The second-order valence-electron chi connectivity index (χ2n) is 6.78. The summed E-state index contributed by atoms with van der Waals surface area (Å²) in [5.41, 5.74) is 6.20. The predicted octanol–water partition coefficient (Wildman–Crippen LogP) is 2.30. The van der Waals surface area contributed by atoms with Crippen LogP contribution in [0.5, 0.6) is 0 Å².